The Hall–Kier alpha value is -1.58. The summed E-state index contributed by atoms with van der Waals surface area (Å²) in [5.41, 5.74) is 1.97. The van der Waals surface area contributed by atoms with Crippen LogP contribution in [-0.4, -0.2) is 16.0 Å². The molecular weight excluding hydrogens is 219 g/mol. The molecule has 1 aliphatic carbocycles. The van der Waals surface area contributed by atoms with E-state index in [0.717, 1.165) is 11.3 Å². The zero-order chi connectivity index (χ0) is 12.0. The predicted octanol–water partition coefficient (Wildman–Crippen LogP) is 2.88. The minimum atomic E-state index is -0.348. The number of halogens is 1. The summed E-state index contributed by atoms with van der Waals surface area (Å²) in [4.78, 5) is 4.17. The molecule has 3 rings (SSSR count). The largest absolute Gasteiger partial charge is 0.490 e. The number of hydrogen-bond donors (Lipinski definition) is 0. The van der Waals surface area contributed by atoms with Gasteiger partial charge in [-0.05, 0) is 32.6 Å². The molecule has 2 heterocycles. The zero-order valence-corrected chi connectivity index (χ0v) is 10.0. The number of hydrogen-bond acceptors (Lipinski definition) is 2. The van der Waals surface area contributed by atoms with Crippen LogP contribution < -0.4 is 4.74 Å². The van der Waals surface area contributed by atoms with E-state index in [1.165, 1.54) is 12.8 Å². The molecule has 0 saturated heterocycles. The van der Waals surface area contributed by atoms with Crippen molar-refractivity contribution >= 4 is 5.65 Å². The SMILES string of the molecule is Cc1cn2cc(C)c(OCC3CC3)c(F)c2n1. The molecule has 0 spiro atoms. The van der Waals surface area contributed by atoms with Crippen LogP contribution in [0.25, 0.3) is 5.65 Å². The van der Waals surface area contributed by atoms with Crippen LogP contribution >= 0.6 is 0 Å². The minimum absolute atomic E-state index is 0.346. The first kappa shape index (κ1) is 10.6. The van der Waals surface area contributed by atoms with Crippen molar-refractivity contribution in [2.24, 2.45) is 5.92 Å². The van der Waals surface area contributed by atoms with Crippen molar-refractivity contribution in [1.29, 1.82) is 0 Å². The summed E-state index contributed by atoms with van der Waals surface area (Å²) in [6, 6.07) is 0. The average Bonchev–Trinajstić information content (AvgIpc) is 3.01. The molecule has 1 fully saturated rings. The molecule has 17 heavy (non-hydrogen) atoms. The number of aryl methyl sites for hydroxylation is 2. The monoisotopic (exact) mass is 234 g/mol. The molecule has 1 aliphatic rings. The molecule has 0 N–H and O–H groups in total. The Morgan fingerprint density at radius 2 is 2.18 bits per heavy atom. The van der Waals surface area contributed by atoms with Gasteiger partial charge in [0.15, 0.2) is 11.4 Å². The second-order valence-electron chi connectivity index (χ2n) is 4.82. The maximum Gasteiger partial charge on any atom is 0.208 e. The maximum absolute atomic E-state index is 14.2. The van der Waals surface area contributed by atoms with Crippen LogP contribution in [0.4, 0.5) is 4.39 Å². The number of ether oxygens (including phenoxy) is 1. The van der Waals surface area contributed by atoms with E-state index in [4.69, 9.17) is 4.74 Å². The maximum atomic E-state index is 14.2. The molecule has 2 aromatic rings. The van der Waals surface area contributed by atoms with Gasteiger partial charge in [-0.1, -0.05) is 0 Å². The second kappa shape index (κ2) is 3.72. The molecule has 0 unspecified atom stereocenters. The fraction of sp³-hybridized carbons (Fsp3) is 0.462. The quantitative estimate of drug-likeness (QED) is 0.816. The van der Waals surface area contributed by atoms with Crippen LogP contribution in [0.5, 0.6) is 5.75 Å². The topological polar surface area (TPSA) is 26.5 Å². The smallest absolute Gasteiger partial charge is 0.208 e. The summed E-state index contributed by atoms with van der Waals surface area (Å²) in [6.07, 6.45) is 6.08. The number of pyridine rings is 1. The van der Waals surface area contributed by atoms with Gasteiger partial charge < -0.3 is 9.14 Å². The summed E-state index contributed by atoms with van der Waals surface area (Å²) in [5, 5.41) is 0. The molecule has 0 radical (unpaired) electrons. The number of fused-ring (bicyclic) bond motifs is 1. The van der Waals surface area contributed by atoms with Gasteiger partial charge in [-0.25, -0.2) is 4.98 Å². The van der Waals surface area contributed by atoms with Gasteiger partial charge in [-0.15, -0.1) is 0 Å². The Balaban J connectivity index is 2.02. The van der Waals surface area contributed by atoms with Gasteiger partial charge in [0.05, 0.1) is 12.3 Å². The third kappa shape index (κ3) is 1.88. The van der Waals surface area contributed by atoms with Crippen LogP contribution in [-0.2, 0) is 0 Å². The fourth-order valence-electron chi connectivity index (χ4n) is 1.98. The lowest BCUT2D eigenvalue weighted by molar-refractivity contribution is 0.283. The lowest BCUT2D eigenvalue weighted by atomic mass is 10.2. The van der Waals surface area contributed by atoms with E-state index in [1.807, 2.05) is 26.2 Å². The minimum Gasteiger partial charge on any atom is -0.490 e. The van der Waals surface area contributed by atoms with Gasteiger partial charge in [0.1, 0.15) is 0 Å². The van der Waals surface area contributed by atoms with Gasteiger partial charge in [-0.2, -0.15) is 4.39 Å². The van der Waals surface area contributed by atoms with Gasteiger partial charge in [0.2, 0.25) is 5.82 Å². The number of aromatic nitrogens is 2. The van der Waals surface area contributed by atoms with Gasteiger partial charge in [-0.3, -0.25) is 0 Å². The van der Waals surface area contributed by atoms with Crippen LogP contribution in [0.2, 0.25) is 0 Å². The van der Waals surface area contributed by atoms with Gasteiger partial charge >= 0.3 is 0 Å². The first-order valence-electron chi connectivity index (χ1n) is 5.92. The lowest BCUT2D eigenvalue weighted by Gasteiger charge is -2.10. The highest BCUT2D eigenvalue weighted by molar-refractivity contribution is 5.51. The highest BCUT2D eigenvalue weighted by Crippen LogP contribution is 2.32. The molecule has 2 aromatic heterocycles. The number of rotatable bonds is 3. The Morgan fingerprint density at radius 1 is 1.41 bits per heavy atom. The van der Waals surface area contributed by atoms with E-state index in [1.54, 1.807) is 4.40 Å². The van der Waals surface area contributed by atoms with E-state index in [2.05, 4.69) is 4.98 Å². The second-order valence-corrected chi connectivity index (χ2v) is 4.82. The van der Waals surface area contributed by atoms with Crippen molar-refractivity contribution < 1.29 is 9.13 Å². The Labute approximate surface area is 99.2 Å². The summed E-state index contributed by atoms with van der Waals surface area (Å²) in [7, 11) is 0. The molecule has 4 heteroatoms. The number of imidazole rings is 1. The van der Waals surface area contributed by atoms with Crippen LogP contribution in [0.15, 0.2) is 12.4 Å². The van der Waals surface area contributed by atoms with Crippen LogP contribution in [0.3, 0.4) is 0 Å². The van der Waals surface area contributed by atoms with Crippen molar-refractivity contribution in [3.63, 3.8) is 0 Å². The molecular formula is C13H15FN2O. The first-order chi connectivity index (χ1) is 8.15. The third-order valence-corrected chi connectivity index (χ3v) is 3.10. The standard InChI is InChI=1S/C13H15FN2O/c1-8-5-16-6-9(2)15-13(16)11(14)12(8)17-7-10-3-4-10/h5-6,10H,3-4,7H2,1-2H3. The van der Waals surface area contributed by atoms with Crippen LogP contribution in [0.1, 0.15) is 24.1 Å². The summed E-state index contributed by atoms with van der Waals surface area (Å²) in [5.74, 6) is 0.625. The Bertz CT molecular complexity index is 572. The zero-order valence-electron chi connectivity index (χ0n) is 10.0. The lowest BCUT2D eigenvalue weighted by Crippen LogP contribution is -2.04. The van der Waals surface area contributed by atoms with Crippen molar-refractivity contribution in [3.05, 3.63) is 29.5 Å². The molecule has 0 bridgehead atoms. The van der Waals surface area contributed by atoms with Gasteiger partial charge in [0.25, 0.3) is 0 Å². The van der Waals surface area contributed by atoms with E-state index in [-0.39, 0.29) is 5.82 Å². The van der Waals surface area contributed by atoms with E-state index in [0.29, 0.717) is 23.9 Å². The number of nitrogens with zero attached hydrogens (tertiary/aromatic N) is 2. The highest BCUT2D eigenvalue weighted by Gasteiger charge is 2.23. The molecule has 0 aromatic carbocycles. The summed E-state index contributed by atoms with van der Waals surface area (Å²) < 4.78 is 21.5. The summed E-state index contributed by atoms with van der Waals surface area (Å²) >= 11 is 0. The predicted molar refractivity (Wildman–Crippen MR) is 62.8 cm³/mol. The Morgan fingerprint density at radius 3 is 2.88 bits per heavy atom. The molecule has 0 atom stereocenters. The molecule has 0 aliphatic heterocycles. The van der Waals surface area contributed by atoms with Gasteiger partial charge in [0, 0.05) is 18.0 Å². The molecule has 3 nitrogen and oxygen atoms in total. The highest BCUT2D eigenvalue weighted by atomic mass is 19.1. The van der Waals surface area contributed by atoms with Crippen molar-refractivity contribution in [3.8, 4) is 5.75 Å². The van der Waals surface area contributed by atoms with Crippen molar-refractivity contribution in [1.82, 2.24) is 9.38 Å². The van der Waals surface area contributed by atoms with Crippen molar-refractivity contribution in [2.75, 3.05) is 6.61 Å². The third-order valence-electron chi connectivity index (χ3n) is 3.10. The molecule has 90 valence electrons. The normalized spacial score (nSPS) is 15.5. The van der Waals surface area contributed by atoms with E-state index < -0.39 is 0 Å². The average molecular weight is 234 g/mol. The van der Waals surface area contributed by atoms with Crippen molar-refractivity contribution in [2.45, 2.75) is 26.7 Å². The first-order valence-corrected chi connectivity index (χ1v) is 5.92. The van der Waals surface area contributed by atoms with Crippen LogP contribution in [0, 0.1) is 25.6 Å². The van der Waals surface area contributed by atoms with E-state index in [9.17, 15) is 4.39 Å². The fourth-order valence-corrected chi connectivity index (χ4v) is 1.98. The Kier molecular flexibility index (Phi) is 2.31. The van der Waals surface area contributed by atoms with E-state index >= 15 is 0 Å². The molecule has 1 saturated carbocycles. The molecule has 0 amide bonds. The summed E-state index contributed by atoms with van der Waals surface area (Å²) in [6.45, 7) is 4.33.